The number of aliphatic carboxylic acids is 1. The molecule has 2 aromatic rings. The van der Waals surface area contributed by atoms with Gasteiger partial charge in [0.1, 0.15) is 5.92 Å². The Morgan fingerprint density at radius 1 is 0.957 bits per heavy atom. The second kappa shape index (κ2) is 5.21. The fourth-order valence-electron chi connectivity index (χ4n) is 3.47. The Labute approximate surface area is 132 Å². The fraction of sp³-hybridized carbons (Fsp3) is 0.222. The van der Waals surface area contributed by atoms with E-state index in [1.54, 1.807) is 12.2 Å². The fourth-order valence-corrected chi connectivity index (χ4v) is 3.47. The van der Waals surface area contributed by atoms with Crippen LogP contribution in [0.1, 0.15) is 0 Å². The average molecular weight is 309 g/mol. The molecule has 2 bridgehead atoms. The molecule has 1 saturated heterocycles. The number of carboxylic acid groups (broad SMARTS) is 1. The molecule has 2 aliphatic rings. The van der Waals surface area contributed by atoms with Gasteiger partial charge < -0.3 is 15.2 Å². The Kier molecular flexibility index (Phi) is 3.16. The molecule has 0 unspecified atom stereocenters. The summed E-state index contributed by atoms with van der Waals surface area (Å²) >= 11 is 0. The molecule has 1 fully saturated rings. The predicted octanol–water partition coefficient (Wildman–Crippen LogP) is 2.43. The monoisotopic (exact) mass is 309 g/mol. The predicted molar refractivity (Wildman–Crippen MR) is 85.0 cm³/mol. The molecule has 5 heteroatoms. The van der Waals surface area contributed by atoms with Gasteiger partial charge in [0.25, 0.3) is 0 Å². The third-order valence-corrected chi connectivity index (χ3v) is 4.53. The number of hydrogen-bond acceptors (Lipinski definition) is 3. The van der Waals surface area contributed by atoms with E-state index >= 15 is 0 Å². The molecule has 1 amide bonds. The van der Waals surface area contributed by atoms with Crippen LogP contribution < -0.4 is 5.32 Å². The number of nitrogens with one attached hydrogen (secondary N) is 1. The molecule has 5 nitrogen and oxygen atoms in total. The number of rotatable bonds is 3. The van der Waals surface area contributed by atoms with Gasteiger partial charge in [0.05, 0.1) is 18.1 Å². The molecule has 116 valence electrons. The lowest BCUT2D eigenvalue weighted by Crippen LogP contribution is -2.39. The van der Waals surface area contributed by atoms with Gasteiger partial charge in [-0.05, 0) is 11.5 Å². The molecule has 2 heterocycles. The van der Waals surface area contributed by atoms with Crippen molar-refractivity contribution in [2.75, 3.05) is 5.32 Å². The van der Waals surface area contributed by atoms with E-state index in [1.165, 1.54) is 0 Å². The van der Waals surface area contributed by atoms with Crippen LogP contribution in [0.15, 0.2) is 54.6 Å². The Morgan fingerprint density at radius 3 is 2.43 bits per heavy atom. The minimum absolute atomic E-state index is 0.314. The van der Waals surface area contributed by atoms with Crippen LogP contribution in [0.2, 0.25) is 0 Å². The van der Waals surface area contributed by atoms with Crippen molar-refractivity contribution in [1.82, 2.24) is 0 Å². The van der Waals surface area contributed by atoms with E-state index in [0.717, 1.165) is 10.8 Å². The summed E-state index contributed by atoms with van der Waals surface area (Å²) in [7, 11) is 0. The number of carboxylic acids is 1. The van der Waals surface area contributed by atoms with Gasteiger partial charge in [-0.25, -0.2) is 0 Å². The van der Waals surface area contributed by atoms with E-state index in [1.807, 2.05) is 42.5 Å². The van der Waals surface area contributed by atoms with E-state index in [4.69, 9.17) is 4.74 Å². The molecule has 23 heavy (non-hydrogen) atoms. The van der Waals surface area contributed by atoms with Gasteiger partial charge in [-0.2, -0.15) is 0 Å². The molecule has 0 aromatic heterocycles. The maximum atomic E-state index is 12.7. The zero-order valence-electron chi connectivity index (χ0n) is 12.2. The number of ether oxygens (including phenoxy) is 1. The van der Waals surface area contributed by atoms with Crippen molar-refractivity contribution in [3.8, 4) is 0 Å². The van der Waals surface area contributed by atoms with Crippen LogP contribution in [0, 0.1) is 11.8 Å². The van der Waals surface area contributed by atoms with Gasteiger partial charge in [0.2, 0.25) is 5.91 Å². The Bertz CT molecular complexity index is 823. The highest BCUT2D eigenvalue weighted by molar-refractivity contribution is 6.04. The van der Waals surface area contributed by atoms with Crippen LogP contribution in [0.5, 0.6) is 0 Å². The zero-order chi connectivity index (χ0) is 16.0. The first-order valence-corrected chi connectivity index (χ1v) is 7.50. The smallest absolute Gasteiger partial charge is 0.310 e. The summed E-state index contributed by atoms with van der Waals surface area (Å²) in [5.74, 6) is -2.85. The number of amides is 1. The number of benzene rings is 2. The molecule has 0 saturated carbocycles. The van der Waals surface area contributed by atoms with Crippen LogP contribution in [-0.2, 0) is 14.3 Å². The van der Waals surface area contributed by atoms with Gasteiger partial charge in [-0.1, -0.05) is 48.6 Å². The van der Waals surface area contributed by atoms with Crippen molar-refractivity contribution in [2.24, 2.45) is 11.8 Å². The quantitative estimate of drug-likeness (QED) is 0.854. The van der Waals surface area contributed by atoms with Crippen LogP contribution in [0.4, 0.5) is 5.69 Å². The van der Waals surface area contributed by atoms with Crippen LogP contribution in [-0.4, -0.2) is 29.2 Å². The van der Waals surface area contributed by atoms with Crippen molar-refractivity contribution >= 4 is 28.3 Å². The summed E-state index contributed by atoms with van der Waals surface area (Å²) in [4.78, 5) is 24.2. The third-order valence-electron chi connectivity index (χ3n) is 4.53. The van der Waals surface area contributed by atoms with Crippen molar-refractivity contribution in [3.63, 3.8) is 0 Å². The highest BCUT2D eigenvalue weighted by Crippen LogP contribution is 2.40. The SMILES string of the molecule is O=C(O)[C@H]1[C@H](C(=O)Nc2cccc3ccccc23)[C@H]2C=C[C@H]1O2. The minimum Gasteiger partial charge on any atom is -0.481 e. The number of carbonyl (C=O) groups excluding carboxylic acids is 1. The standard InChI is InChI=1S/C18H15NO4/c20-17(15-13-8-9-14(23-13)16(15)18(21)22)19-12-7-3-5-10-4-1-2-6-11(10)12/h1-9,13-16H,(H,19,20)(H,21,22)/t13-,14-,15-,16-/m1/s1. The minimum atomic E-state index is -1.00. The summed E-state index contributed by atoms with van der Waals surface area (Å²) in [5.41, 5.74) is 0.684. The van der Waals surface area contributed by atoms with Gasteiger partial charge in [-0.3, -0.25) is 9.59 Å². The van der Waals surface area contributed by atoms with Crippen molar-refractivity contribution < 1.29 is 19.4 Å². The molecular weight excluding hydrogens is 294 g/mol. The molecule has 4 atom stereocenters. The first-order valence-electron chi connectivity index (χ1n) is 7.50. The van der Waals surface area contributed by atoms with E-state index in [9.17, 15) is 14.7 Å². The largest absolute Gasteiger partial charge is 0.481 e. The number of fused-ring (bicyclic) bond motifs is 3. The molecule has 2 aliphatic heterocycles. The number of anilines is 1. The number of hydrogen-bond donors (Lipinski definition) is 2. The summed E-state index contributed by atoms with van der Waals surface area (Å²) in [6.45, 7) is 0. The molecule has 0 radical (unpaired) electrons. The lowest BCUT2D eigenvalue weighted by molar-refractivity contribution is -0.145. The summed E-state index contributed by atoms with van der Waals surface area (Å²) in [5, 5.41) is 14.2. The van der Waals surface area contributed by atoms with Gasteiger partial charge in [-0.15, -0.1) is 0 Å². The average Bonchev–Trinajstić information content (AvgIpc) is 3.16. The highest BCUT2D eigenvalue weighted by Gasteiger charge is 2.53. The van der Waals surface area contributed by atoms with Gasteiger partial charge in [0, 0.05) is 11.1 Å². The lowest BCUT2D eigenvalue weighted by Gasteiger charge is -2.21. The third kappa shape index (κ3) is 2.21. The first kappa shape index (κ1) is 14.0. The molecule has 0 spiro atoms. The van der Waals surface area contributed by atoms with Crippen LogP contribution in [0.25, 0.3) is 10.8 Å². The second-order valence-corrected chi connectivity index (χ2v) is 5.86. The van der Waals surface area contributed by atoms with Crippen LogP contribution in [0.3, 0.4) is 0 Å². The molecule has 4 rings (SSSR count). The van der Waals surface area contributed by atoms with E-state index < -0.39 is 30.0 Å². The lowest BCUT2D eigenvalue weighted by atomic mass is 9.82. The molecule has 2 aromatic carbocycles. The maximum Gasteiger partial charge on any atom is 0.310 e. The highest BCUT2D eigenvalue weighted by atomic mass is 16.5. The summed E-state index contributed by atoms with van der Waals surface area (Å²) < 4.78 is 5.55. The Morgan fingerprint density at radius 2 is 1.65 bits per heavy atom. The van der Waals surface area contributed by atoms with Crippen molar-refractivity contribution in [3.05, 3.63) is 54.6 Å². The van der Waals surface area contributed by atoms with Gasteiger partial charge in [0.15, 0.2) is 0 Å². The first-order chi connectivity index (χ1) is 11.1. The van der Waals surface area contributed by atoms with E-state index in [0.29, 0.717) is 5.69 Å². The summed E-state index contributed by atoms with van der Waals surface area (Å²) in [6.07, 6.45) is 2.53. The zero-order valence-corrected chi connectivity index (χ0v) is 12.2. The normalized spacial score (nSPS) is 28.2. The van der Waals surface area contributed by atoms with Crippen molar-refractivity contribution in [1.29, 1.82) is 0 Å². The topological polar surface area (TPSA) is 75.6 Å². The van der Waals surface area contributed by atoms with E-state index in [2.05, 4.69) is 5.32 Å². The van der Waals surface area contributed by atoms with Crippen molar-refractivity contribution in [2.45, 2.75) is 12.2 Å². The number of carbonyl (C=O) groups is 2. The molecule has 2 N–H and O–H groups in total. The van der Waals surface area contributed by atoms with E-state index in [-0.39, 0.29) is 5.91 Å². The second-order valence-electron chi connectivity index (χ2n) is 5.86. The molecular formula is C18H15NO4. The Balaban J connectivity index is 1.65. The van der Waals surface area contributed by atoms with Crippen LogP contribution >= 0.6 is 0 Å². The maximum absolute atomic E-state index is 12.7. The Hall–Kier alpha value is -2.66. The summed E-state index contributed by atoms with van der Waals surface area (Å²) in [6, 6.07) is 13.4. The van der Waals surface area contributed by atoms with Gasteiger partial charge >= 0.3 is 5.97 Å². The molecule has 0 aliphatic carbocycles.